The third-order valence-electron chi connectivity index (χ3n) is 3.73. The van der Waals surface area contributed by atoms with Crippen molar-refractivity contribution in [3.8, 4) is 11.6 Å². The Labute approximate surface area is 158 Å². The van der Waals surface area contributed by atoms with Crippen LogP contribution in [0.25, 0.3) is 0 Å². The van der Waals surface area contributed by atoms with Gasteiger partial charge in [-0.15, -0.1) is 0 Å². The largest absolute Gasteiger partial charge is 0.478 e. The van der Waals surface area contributed by atoms with Crippen molar-refractivity contribution in [2.75, 3.05) is 0 Å². The number of aromatic nitrogens is 1. The topological polar surface area (TPSA) is 88.5 Å². The molecule has 0 aliphatic heterocycles. The molecule has 0 fully saturated rings. The molecule has 0 saturated heterocycles. The summed E-state index contributed by atoms with van der Waals surface area (Å²) in [5.41, 5.74) is 0.608. The fraction of sp³-hybridized carbons (Fsp3) is 0.0500. The molecule has 0 aliphatic rings. The van der Waals surface area contributed by atoms with E-state index in [1.54, 1.807) is 12.1 Å². The number of carboxylic acid groups (broad SMARTS) is 1. The van der Waals surface area contributed by atoms with Gasteiger partial charge in [0.05, 0.1) is 11.8 Å². The molecule has 0 saturated carbocycles. The van der Waals surface area contributed by atoms with Gasteiger partial charge < -0.3 is 15.2 Å². The lowest BCUT2D eigenvalue weighted by Crippen LogP contribution is -2.23. The van der Waals surface area contributed by atoms with E-state index in [1.165, 1.54) is 30.3 Å². The van der Waals surface area contributed by atoms with Crippen molar-refractivity contribution in [3.05, 3.63) is 89.1 Å². The number of pyridine rings is 1. The van der Waals surface area contributed by atoms with Crippen molar-refractivity contribution >= 4 is 11.9 Å². The van der Waals surface area contributed by atoms with Gasteiger partial charge >= 0.3 is 5.97 Å². The monoisotopic (exact) mass is 384 g/mol. The quantitative estimate of drug-likeness (QED) is 0.675. The third kappa shape index (κ3) is 4.67. The van der Waals surface area contributed by atoms with Crippen LogP contribution in [0.15, 0.2) is 60.8 Å². The molecule has 1 heterocycles. The number of nitrogens with one attached hydrogen (secondary N) is 1. The summed E-state index contributed by atoms with van der Waals surface area (Å²) in [4.78, 5) is 27.1. The number of carboxylic acids is 1. The van der Waals surface area contributed by atoms with Gasteiger partial charge in [0.15, 0.2) is 0 Å². The molecule has 8 heteroatoms. The highest BCUT2D eigenvalue weighted by atomic mass is 19.1. The van der Waals surface area contributed by atoms with Gasteiger partial charge in [0.1, 0.15) is 22.9 Å². The molecule has 0 unspecified atom stereocenters. The zero-order valence-corrected chi connectivity index (χ0v) is 14.4. The predicted octanol–water partition coefficient (Wildman–Crippen LogP) is 3.78. The standard InChI is InChI=1S/C20H14F2N2O4/c21-14-2-1-3-16(8-14)28-19-17(9-15(22)11-24-19)18(25)23-10-12-4-6-13(7-5-12)20(26)27/h1-9,11H,10H2,(H,23,25)(H,26,27). The average Bonchev–Trinajstić information content (AvgIpc) is 2.68. The maximum Gasteiger partial charge on any atom is 0.335 e. The Kier molecular flexibility index (Phi) is 5.59. The van der Waals surface area contributed by atoms with E-state index in [0.29, 0.717) is 5.56 Å². The van der Waals surface area contributed by atoms with E-state index in [9.17, 15) is 18.4 Å². The van der Waals surface area contributed by atoms with E-state index in [2.05, 4.69) is 10.3 Å². The second-order valence-corrected chi connectivity index (χ2v) is 5.75. The van der Waals surface area contributed by atoms with Crippen LogP contribution in [0.1, 0.15) is 26.3 Å². The number of carbonyl (C=O) groups is 2. The fourth-order valence-corrected chi connectivity index (χ4v) is 2.36. The number of nitrogens with zero attached hydrogens (tertiary/aromatic N) is 1. The maximum atomic E-state index is 13.6. The van der Waals surface area contributed by atoms with Crippen LogP contribution in [0.5, 0.6) is 11.6 Å². The van der Waals surface area contributed by atoms with Crippen molar-refractivity contribution in [1.82, 2.24) is 10.3 Å². The highest BCUT2D eigenvalue weighted by Gasteiger charge is 2.16. The summed E-state index contributed by atoms with van der Waals surface area (Å²) in [6.07, 6.45) is 0.885. The lowest BCUT2D eigenvalue weighted by molar-refractivity contribution is 0.0696. The molecule has 3 aromatic rings. The third-order valence-corrected chi connectivity index (χ3v) is 3.73. The number of amides is 1. The van der Waals surface area contributed by atoms with Gasteiger partial charge in [0, 0.05) is 12.6 Å². The number of aromatic carboxylic acids is 1. The lowest BCUT2D eigenvalue weighted by Gasteiger charge is -2.11. The second kappa shape index (κ2) is 8.26. The van der Waals surface area contributed by atoms with Crippen LogP contribution in [0.3, 0.4) is 0 Å². The SMILES string of the molecule is O=C(O)c1ccc(CNC(=O)c2cc(F)cnc2Oc2cccc(F)c2)cc1. The zero-order valence-electron chi connectivity index (χ0n) is 14.4. The Hall–Kier alpha value is -3.81. The molecule has 28 heavy (non-hydrogen) atoms. The Morgan fingerprint density at radius 1 is 1.04 bits per heavy atom. The van der Waals surface area contributed by atoms with Crippen molar-refractivity contribution < 1.29 is 28.2 Å². The van der Waals surface area contributed by atoms with E-state index in [0.717, 1.165) is 18.3 Å². The minimum Gasteiger partial charge on any atom is -0.478 e. The minimum atomic E-state index is -1.06. The van der Waals surface area contributed by atoms with E-state index < -0.39 is 23.5 Å². The summed E-state index contributed by atoms with van der Waals surface area (Å²) in [6.45, 7) is 0.0780. The van der Waals surface area contributed by atoms with Crippen molar-refractivity contribution in [2.45, 2.75) is 6.54 Å². The summed E-state index contributed by atoms with van der Waals surface area (Å²) >= 11 is 0. The Balaban J connectivity index is 1.75. The van der Waals surface area contributed by atoms with Crippen LogP contribution >= 0.6 is 0 Å². The van der Waals surface area contributed by atoms with Gasteiger partial charge in [-0.05, 0) is 35.9 Å². The molecule has 1 amide bonds. The van der Waals surface area contributed by atoms with Gasteiger partial charge in [-0.2, -0.15) is 0 Å². The van der Waals surface area contributed by atoms with Gasteiger partial charge in [-0.3, -0.25) is 4.79 Å². The summed E-state index contributed by atoms with van der Waals surface area (Å²) in [7, 11) is 0. The molecule has 3 rings (SSSR count). The smallest absolute Gasteiger partial charge is 0.335 e. The molecular formula is C20H14F2N2O4. The van der Waals surface area contributed by atoms with Crippen LogP contribution in [-0.4, -0.2) is 22.0 Å². The molecule has 0 bridgehead atoms. The molecule has 0 spiro atoms. The van der Waals surface area contributed by atoms with Crippen LogP contribution in [0.2, 0.25) is 0 Å². The number of carbonyl (C=O) groups excluding carboxylic acids is 1. The summed E-state index contributed by atoms with van der Waals surface area (Å²) in [5, 5.41) is 11.5. The molecule has 2 aromatic carbocycles. The first-order valence-electron chi connectivity index (χ1n) is 8.12. The number of rotatable bonds is 6. The Morgan fingerprint density at radius 3 is 2.46 bits per heavy atom. The van der Waals surface area contributed by atoms with Crippen LogP contribution in [0, 0.1) is 11.6 Å². The number of ether oxygens (including phenoxy) is 1. The summed E-state index contributed by atoms with van der Waals surface area (Å²) in [5.74, 6) is -3.04. The summed E-state index contributed by atoms with van der Waals surface area (Å²) < 4.78 is 32.3. The number of halogens is 2. The molecular weight excluding hydrogens is 370 g/mol. The minimum absolute atomic E-state index is 0.0780. The van der Waals surface area contributed by atoms with E-state index in [-0.39, 0.29) is 29.3 Å². The van der Waals surface area contributed by atoms with Gasteiger partial charge in [0.25, 0.3) is 5.91 Å². The lowest BCUT2D eigenvalue weighted by atomic mass is 10.1. The van der Waals surface area contributed by atoms with E-state index in [1.807, 2.05) is 0 Å². The van der Waals surface area contributed by atoms with Crippen molar-refractivity contribution in [2.24, 2.45) is 0 Å². The second-order valence-electron chi connectivity index (χ2n) is 5.75. The molecule has 142 valence electrons. The molecule has 0 atom stereocenters. The average molecular weight is 384 g/mol. The van der Waals surface area contributed by atoms with E-state index in [4.69, 9.17) is 9.84 Å². The number of benzene rings is 2. The van der Waals surface area contributed by atoms with Gasteiger partial charge in [-0.25, -0.2) is 18.6 Å². The molecule has 2 N–H and O–H groups in total. The predicted molar refractivity (Wildman–Crippen MR) is 95.2 cm³/mol. The van der Waals surface area contributed by atoms with Crippen LogP contribution in [0.4, 0.5) is 8.78 Å². The Morgan fingerprint density at radius 2 is 1.79 bits per heavy atom. The molecule has 0 radical (unpaired) electrons. The number of hydrogen-bond donors (Lipinski definition) is 2. The fourth-order valence-electron chi connectivity index (χ4n) is 2.36. The van der Waals surface area contributed by atoms with Gasteiger partial charge in [0.2, 0.25) is 5.88 Å². The van der Waals surface area contributed by atoms with Crippen LogP contribution < -0.4 is 10.1 Å². The van der Waals surface area contributed by atoms with Crippen molar-refractivity contribution in [3.63, 3.8) is 0 Å². The molecule has 0 aliphatic carbocycles. The highest BCUT2D eigenvalue weighted by Crippen LogP contribution is 2.24. The zero-order chi connectivity index (χ0) is 20.1. The van der Waals surface area contributed by atoms with Gasteiger partial charge in [-0.1, -0.05) is 18.2 Å². The first kappa shape index (κ1) is 19.0. The van der Waals surface area contributed by atoms with Crippen LogP contribution in [-0.2, 0) is 6.54 Å². The highest BCUT2D eigenvalue weighted by molar-refractivity contribution is 5.96. The molecule has 1 aromatic heterocycles. The number of hydrogen-bond acceptors (Lipinski definition) is 4. The van der Waals surface area contributed by atoms with E-state index >= 15 is 0 Å². The Bertz CT molecular complexity index is 1020. The first-order valence-corrected chi connectivity index (χ1v) is 8.12. The summed E-state index contributed by atoms with van der Waals surface area (Å²) in [6, 6.07) is 12.1. The van der Waals surface area contributed by atoms with Crippen molar-refractivity contribution in [1.29, 1.82) is 0 Å². The normalized spacial score (nSPS) is 10.4. The first-order chi connectivity index (χ1) is 13.4. The maximum absolute atomic E-state index is 13.6. The molecule has 6 nitrogen and oxygen atoms in total.